The van der Waals surface area contributed by atoms with Crippen molar-refractivity contribution in [3.8, 4) is 0 Å². The van der Waals surface area contributed by atoms with Gasteiger partial charge in [0.1, 0.15) is 0 Å². The molecule has 0 radical (unpaired) electrons. The maximum atomic E-state index is 12.4. The van der Waals surface area contributed by atoms with Crippen molar-refractivity contribution in [3.05, 3.63) is 29.8 Å². The Kier molecular flexibility index (Phi) is 4.60. The third kappa shape index (κ3) is 3.35. The van der Waals surface area contributed by atoms with E-state index in [1.165, 1.54) is 0 Å². The smallest absolute Gasteiger partial charge is 0.243 e. The Hall–Kier alpha value is -0.910. The SMILES string of the molecule is CC1CCN(S(=O)(=O)c2ccc(CCCN)cc2)C1. The van der Waals surface area contributed by atoms with E-state index in [-0.39, 0.29) is 0 Å². The molecule has 1 aromatic carbocycles. The van der Waals surface area contributed by atoms with Crippen LogP contribution < -0.4 is 5.73 Å². The monoisotopic (exact) mass is 282 g/mol. The third-order valence-electron chi connectivity index (χ3n) is 3.62. The van der Waals surface area contributed by atoms with E-state index in [1.807, 2.05) is 12.1 Å². The zero-order valence-electron chi connectivity index (χ0n) is 11.4. The van der Waals surface area contributed by atoms with Gasteiger partial charge in [-0.3, -0.25) is 0 Å². The quantitative estimate of drug-likeness (QED) is 0.892. The van der Waals surface area contributed by atoms with Gasteiger partial charge in [-0.05, 0) is 49.4 Å². The summed E-state index contributed by atoms with van der Waals surface area (Å²) in [6.07, 6.45) is 2.78. The number of hydrogen-bond acceptors (Lipinski definition) is 3. The molecule has 1 aromatic rings. The molecule has 4 nitrogen and oxygen atoms in total. The minimum absolute atomic E-state index is 0.401. The second-order valence-electron chi connectivity index (χ2n) is 5.29. The number of sulfonamides is 1. The van der Waals surface area contributed by atoms with Gasteiger partial charge < -0.3 is 5.73 Å². The molecule has 1 aliphatic heterocycles. The van der Waals surface area contributed by atoms with E-state index in [0.717, 1.165) is 24.8 Å². The Bertz CT molecular complexity index is 511. The van der Waals surface area contributed by atoms with Gasteiger partial charge in [-0.2, -0.15) is 4.31 Å². The van der Waals surface area contributed by atoms with Gasteiger partial charge in [-0.15, -0.1) is 0 Å². The van der Waals surface area contributed by atoms with Gasteiger partial charge in [0.05, 0.1) is 4.90 Å². The summed E-state index contributed by atoms with van der Waals surface area (Å²) in [6, 6.07) is 7.21. The fourth-order valence-electron chi connectivity index (χ4n) is 2.40. The molecule has 1 fully saturated rings. The Balaban J connectivity index is 2.12. The maximum Gasteiger partial charge on any atom is 0.243 e. The topological polar surface area (TPSA) is 63.4 Å². The van der Waals surface area contributed by atoms with Crippen molar-refractivity contribution in [3.63, 3.8) is 0 Å². The van der Waals surface area contributed by atoms with Crippen LogP contribution in [0, 0.1) is 5.92 Å². The lowest BCUT2D eigenvalue weighted by atomic mass is 10.1. The fraction of sp³-hybridized carbons (Fsp3) is 0.571. The van der Waals surface area contributed by atoms with Crippen LogP contribution in [0.1, 0.15) is 25.3 Å². The minimum atomic E-state index is -3.30. The van der Waals surface area contributed by atoms with Gasteiger partial charge in [0.15, 0.2) is 0 Å². The van der Waals surface area contributed by atoms with Gasteiger partial charge in [0.25, 0.3) is 0 Å². The molecule has 1 atom stereocenters. The molecule has 19 heavy (non-hydrogen) atoms. The van der Waals surface area contributed by atoms with Gasteiger partial charge in [0.2, 0.25) is 10.0 Å². The van der Waals surface area contributed by atoms with E-state index in [4.69, 9.17) is 5.73 Å². The van der Waals surface area contributed by atoms with Crippen LogP contribution in [0.4, 0.5) is 0 Å². The molecule has 0 saturated carbocycles. The Labute approximate surface area is 115 Å². The lowest BCUT2D eigenvalue weighted by molar-refractivity contribution is 0.464. The molecular weight excluding hydrogens is 260 g/mol. The lowest BCUT2D eigenvalue weighted by Gasteiger charge is -2.16. The second-order valence-corrected chi connectivity index (χ2v) is 7.23. The Morgan fingerprint density at radius 1 is 1.32 bits per heavy atom. The summed E-state index contributed by atoms with van der Waals surface area (Å²) in [5.74, 6) is 0.457. The van der Waals surface area contributed by atoms with Crippen molar-refractivity contribution in [2.75, 3.05) is 19.6 Å². The Morgan fingerprint density at radius 3 is 2.53 bits per heavy atom. The van der Waals surface area contributed by atoms with Crippen LogP contribution in [0.15, 0.2) is 29.2 Å². The predicted octanol–water partition coefficient (Wildman–Crippen LogP) is 1.61. The number of benzene rings is 1. The van der Waals surface area contributed by atoms with Crippen LogP contribution in [0.5, 0.6) is 0 Å². The molecule has 0 aromatic heterocycles. The zero-order chi connectivity index (χ0) is 13.9. The van der Waals surface area contributed by atoms with Crippen molar-refractivity contribution in [2.45, 2.75) is 31.1 Å². The molecule has 1 unspecified atom stereocenters. The predicted molar refractivity (Wildman–Crippen MR) is 76.4 cm³/mol. The van der Waals surface area contributed by atoms with E-state index < -0.39 is 10.0 Å². The molecule has 0 aliphatic carbocycles. The number of rotatable bonds is 5. The average Bonchev–Trinajstić information content (AvgIpc) is 2.84. The summed E-state index contributed by atoms with van der Waals surface area (Å²) in [7, 11) is -3.30. The van der Waals surface area contributed by atoms with E-state index in [2.05, 4.69) is 6.92 Å². The van der Waals surface area contributed by atoms with Crippen molar-refractivity contribution in [1.82, 2.24) is 4.31 Å². The summed E-state index contributed by atoms with van der Waals surface area (Å²) in [5.41, 5.74) is 6.61. The summed E-state index contributed by atoms with van der Waals surface area (Å²) in [5, 5.41) is 0. The first kappa shape index (κ1) is 14.5. The molecule has 2 rings (SSSR count). The molecule has 1 heterocycles. The molecule has 1 aliphatic rings. The molecule has 106 valence electrons. The van der Waals surface area contributed by atoms with E-state index in [1.54, 1.807) is 16.4 Å². The lowest BCUT2D eigenvalue weighted by Crippen LogP contribution is -2.28. The van der Waals surface area contributed by atoms with Gasteiger partial charge >= 0.3 is 0 Å². The van der Waals surface area contributed by atoms with Gasteiger partial charge in [-0.25, -0.2) is 8.42 Å². The largest absolute Gasteiger partial charge is 0.330 e. The first-order valence-electron chi connectivity index (χ1n) is 6.83. The highest BCUT2D eigenvalue weighted by Gasteiger charge is 2.30. The van der Waals surface area contributed by atoms with E-state index in [9.17, 15) is 8.42 Å². The van der Waals surface area contributed by atoms with Gasteiger partial charge in [-0.1, -0.05) is 19.1 Å². The number of hydrogen-bond donors (Lipinski definition) is 1. The van der Waals surface area contributed by atoms with Crippen LogP contribution in [0.25, 0.3) is 0 Å². The highest BCUT2D eigenvalue weighted by Crippen LogP contribution is 2.24. The van der Waals surface area contributed by atoms with Crippen LogP contribution >= 0.6 is 0 Å². The van der Waals surface area contributed by atoms with Crippen molar-refractivity contribution < 1.29 is 8.42 Å². The molecule has 0 amide bonds. The third-order valence-corrected chi connectivity index (χ3v) is 5.50. The van der Waals surface area contributed by atoms with Crippen LogP contribution in [0.3, 0.4) is 0 Å². The molecule has 5 heteroatoms. The van der Waals surface area contributed by atoms with Crippen molar-refractivity contribution >= 4 is 10.0 Å². The normalized spacial score (nSPS) is 20.8. The van der Waals surface area contributed by atoms with Crippen molar-refractivity contribution in [2.24, 2.45) is 11.7 Å². The first-order valence-corrected chi connectivity index (χ1v) is 8.27. The zero-order valence-corrected chi connectivity index (χ0v) is 12.2. The van der Waals surface area contributed by atoms with E-state index in [0.29, 0.717) is 30.4 Å². The standard InChI is InChI=1S/C14H22N2O2S/c1-12-8-10-16(11-12)19(17,18)14-6-4-13(5-7-14)3-2-9-15/h4-7,12H,2-3,8-11,15H2,1H3. The Morgan fingerprint density at radius 2 is 2.00 bits per heavy atom. The molecule has 0 bridgehead atoms. The number of nitrogens with two attached hydrogens (primary N) is 1. The average molecular weight is 282 g/mol. The van der Waals surface area contributed by atoms with Crippen LogP contribution in [-0.2, 0) is 16.4 Å². The number of aryl methyl sites for hydroxylation is 1. The van der Waals surface area contributed by atoms with Gasteiger partial charge in [0, 0.05) is 13.1 Å². The second kappa shape index (κ2) is 6.03. The van der Waals surface area contributed by atoms with E-state index >= 15 is 0 Å². The van der Waals surface area contributed by atoms with Crippen LogP contribution in [-0.4, -0.2) is 32.4 Å². The van der Waals surface area contributed by atoms with Crippen molar-refractivity contribution in [1.29, 1.82) is 0 Å². The minimum Gasteiger partial charge on any atom is -0.330 e. The number of nitrogens with zero attached hydrogens (tertiary/aromatic N) is 1. The summed E-state index contributed by atoms with van der Waals surface area (Å²) < 4.78 is 26.4. The van der Waals surface area contributed by atoms with Crippen LogP contribution in [0.2, 0.25) is 0 Å². The molecule has 2 N–H and O–H groups in total. The molecule has 1 saturated heterocycles. The first-order chi connectivity index (χ1) is 9.04. The maximum absolute atomic E-state index is 12.4. The summed E-state index contributed by atoms with van der Waals surface area (Å²) in [4.78, 5) is 0.401. The highest BCUT2D eigenvalue weighted by molar-refractivity contribution is 7.89. The summed E-state index contributed by atoms with van der Waals surface area (Å²) >= 11 is 0. The highest BCUT2D eigenvalue weighted by atomic mass is 32.2. The molecule has 0 spiro atoms. The summed E-state index contributed by atoms with van der Waals surface area (Å²) in [6.45, 7) is 4.02. The molecular formula is C14H22N2O2S. The fourth-order valence-corrected chi connectivity index (χ4v) is 3.97.